The van der Waals surface area contributed by atoms with Crippen molar-refractivity contribution in [2.75, 3.05) is 0 Å². The van der Waals surface area contributed by atoms with Crippen LogP contribution >= 0.6 is 0 Å². The fourth-order valence-electron chi connectivity index (χ4n) is 1.91. The molecule has 0 saturated heterocycles. The maximum atomic E-state index is 12.3. The lowest BCUT2D eigenvalue weighted by atomic mass is 10.2. The van der Waals surface area contributed by atoms with E-state index in [9.17, 15) is 9.59 Å². The molecule has 0 radical (unpaired) electrons. The molecule has 3 aromatic rings. The quantitative estimate of drug-likeness (QED) is 0.695. The average molecular weight is 254 g/mol. The van der Waals surface area contributed by atoms with Crippen molar-refractivity contribution in [3.8, 4) is 11.3 Å². The lowest BCUT2D eigenvalue weighted by molar-refractivity contribution is 0.876. The molecule has 0 fully saturated rings. The van der Waals surface area contributed by atoms with Crippen molar-refractivity contribution < 1.29 is 0 Å². The van der Waals surface area contributed by atoms with Gasteiger partial charge in [-0.15, -0.1) is 0 Å². The smallest absolute Gasteiger partial charge is 0.269 e. The molecule has 0 saturated carbocycles. The van der Waals surface area contributed by atoms with Crippen molar-refractivity contribution in [1.29, 1.82) is 0 Å². The van der Waals surface area contributed by atoms with Crippen LogP contribution in [0.1, 0.15) is 5.69 Å². The summed E-state index contributed by atoms with van der Waals surface area (Å²) in [7, 11) is 0. The molecule has 3 rings (SSSR count). The van der Waals surface area contributed by atoms with Gasteiger partial charge >= 0.3 is 0 Å². The van der Waals surface area contributed by atoms with Crippen LogP contribution in [0.4, 0.5) is 0 Å². The standard InChI is InChI=1S/C13H10N4O2/c1-8-7-10(18)17-12(19)11(15-16-13(17)14-8)9-5-3-2-4-6-9/h2-7H,1H3,(H,14,16). The molecule has 2 heterocycles. The molecule has 0 atom stereocenters. The minimum Gasteiger partial charge on any atom is -0.269 e. The first-order chi connectivity index (χ1) is 9.16. The van der Waals surface area contributed by atoms with Gasteiger partial charge in [0.25, 0.3) is 11.1 Å². The van der Waals surface area contributed by atoms with Crippen LogP contribution in [0.25, 0.3) is 17.0 Å². The number of benzene rings is 1. The summed E-state index contributed by atoms with van der Waals surface area (Å²) in [6.45, 7) is 1.69. The van der Waals surface area contributed by atoms with E-state index in [2.05, 4.69) is 15.2 Å². The molecule has 94 valence electrons. The summed E-state index contributed by atoms with van der Waals surface area (Å²) >= 11 is 0. The summed E-state index contributed by atoms with van der Waals surface area (Å²) in [6, 6.07) is 10.3. The minimum absolute atomic E-state index is 0.148. The van der Waals surface area contributed by atoms with Crippen molar-refractivity contribution in [3.05, 3.63) is 62.8 Å². The predicted molar refractivity (Wildman–Crippen MR) is 70.1 cm³/mol. The molecule has 0 spiro atoms. The van der Waals surface area contributed by atoms with E-state index in [1.165, 1.54) is 6.07 Å². The van der Waals surface area contributed by atoms with Gasteiger partial charge in [-0.05, 0) is 6.92 Å². The van der Waals surface area contributed by atoms with Crippen molar-refractivity contribution in [3.63, 3.8) is 0 Å². The Labute approximate surface area is 107 Å². The lowest BCUT2D eigenvalue weighted by Crippen LogP contribution is -2.30. The van der Waals surface area contributed by atoms with Gasteiger partial charge in [0.2, 0.25) is 5.78 Å². The number of H-pyrrole nitrogens is 1. The summed E-state index contributed by atoms with van der Waals surface area (Å²) in [6.07, 6.45) is 0. The molecular weight excluding hydrogens is 244 g/mol. The zero-order valence-electron chi connectivity index (χ0n) is 10.1. The molecular formula is C13H10N4O2. The van der Waals surface area contributed by atoms with E-state index in [-0.39, 0.29) is 11.5 Å². The maximum absolute atomic E-state index is 12.3. The number of hydrogen-bond acceptors (Lipinski definition) is 4. The normalized spacial score (nSPS) is 10.8. The molecule has 0 aliphatic carbocycles. The minimum atomic E-state index is -0.475. The first kappa shape index (κ1) is 11.3. The number of aromatic nitrogens is 4. The monoisotopic (exact) mass is 254 g/mol. The molecule has 6 nitrogen and oxygen atoms in total. The number of nitrogens with one attached hydrogen (secondary N) is 1. The van der Waals surface area contributed by atoms with Gasteiger partial charge in [-0.25, -0.2) is 14.5 Å². The van der Waals surface area contributed by atoms with E-state index in [1.54, 1.807) is 31.2 Å². The van der Waals surface area contributed by atoms with Crippen LogP contribution in [-0.4, -0.2) is 19.6 Å². The Hall–Kier alpha value is -2.76. The van der Waals surface area contributed by atoms with E-state index < -0.39 is 11.1 Å². The first-order valence-electron chi connectivity index (χ1n) is 5.71. The second kappa shape index (κ2) is 4.16. The third-order valence-electron chi connectivity index (χ3n) is 2.77. The Morgan fingerprint density at radius 1 is 1.16 bits per heavy atom. The molecule has 0 bridgehead atoms. The highest BCUT2D eigenvalue weighted by atomic mass is 16.2. The zero-order chi connectivity index (χ0) is 13.4. The van der Waals surface area contributed by atoms with Crippen LogP contribution in [0, 0.1) is 6.92 Å². The Balaban J connectivity index is 2.40. The van der Waals surface area contributed by atoms with E-state index >= 15 is 0 Å². The van der Waals surface area contributed by atoms with E-state index in [0.29, 0.717) is 11.3 Å². The second-order valence-electron chi connectivity index (χ2n) is 4.14. The Morgan fingerprint density at radius 3 is 2.63 bits per heavy atom. The van der Waals surface area contributed by atoms with Gasteiger partial charge in [-0.3, -0.25) is 9.59 Å². The van der Waals surface area contributed by atoms with Gasteiger partial charge in [0.05, 0.1) is 0 Å². The second-order valence-corrected chi connectivity index (χ2v) is 4.14. The van der Waals surface area contributed by atoms with E-state index in [1.807, 2.05) is 6.07 Å². The molecule has 1 N–H and O–H groups in total. The SMILES string of the molecule is Cc1cc(=O)n2c(=O)c(-c3ccccc3)n[nH]c2n1. The van der Waals surface area contributed by atoms with Gasteiger partial charge < -0.3 is 0 Å². The molecule has 0 aliphatic heterocycles. The maximum Gasteiger partial charge on any atom is 0.288 e. The average Bonchev–Trinajstić information content (AvgIpc) is 2.39. The van der Waals surface area contributed by atoms with Gasteiger partial charge in [0.15, 0.2) is 5.69 Å². The topological polar surface area (TPSA) is 80.1 Å². The Morgan fingerprint density at radius 2 is 1.89 bits per heavy atom. The molecule has 6 heteroatoms. The molecule has 0 aliphatic rings. The zero-order valence-corrected chi connectivity index (χ0v) is 10.1. The highest BCUT2D eigenvalue weighted by molar-refractivity contribution is 5.57. The fourth-order valence-corrected chi connectivity index (χ4v) is 1.91. The summed E-state index contributed by atoms with van der Waals surface area (Å²) in [4.78, 5) is 28.3. The summed E-state index contributed by atoms with van der Waals surface area (Å²) in [5.41, 5.74) is 0.495. The number of hydrogen-bond donors (Lipinski definition) is 1. The first-order valence-corrected chi connectivity index (χ1v) is 5.71. The van der Waals surface area contributed by atoms with Crippen LogP contribution in [0.5, 0.6) is 0 Å². The van der Waals surface area contributed by atoms with E-state index in [4.69, 9.17) is 0 Å². The number of rotatable bonds is 1. The molecule has 1 aromatic carbocycles. The van der Waals surface area contributed by atoms with Gasteiger partial charge in [0.1, 0.15) is 0 Å². The largest absolute Gasteiger partial charge is 0.288 e. The van der Waals surface area contributed by atoms with Gasteiger partial charge in [-0.2, -0.15) is 5.10 Å². The van der Waals surface area contributed by atoms with Gasteiger partial charge in [0, 0.05) is 17.3 Å². The molecule has 0 unspecified atom stereocenters. The molecule has 0 amide bonds. The van der Waals surface area contributed by atoms with Crippen LogP contribution in [0.2, 0.25) is 0 Å². The van der Waals surface area contributed by atoms with Crippen molar-refractivity contribution in [1.82, 2.24) is 19.6 Å². The van der Waals surface area contributed by atoms with Crippen LogP contribution in [0.15, 0.2) is 46.0 Å². The highest BCUT2D eigenvalue weighted by Gasteiger charge is 2.10. The lowest BCUT2D eigenvalue weighted by Gasteiger charge is -2.03. The van der Waals surface area contributed by atoms with Crippen molar-refractivity contribution in [2.45, 2.75) is 6.92 Å². The Bertz CT molecular complexity index is 865. The van der Waals surface area contributed by atoms with E-state index in [0.717, 1.165) is 4.40 Å². The summed E-state index contributed by atoms with van der Waals surface area (Å²) < 4.78 is 0.988. The number of aromatic amines is 1. The number of aryl methyl sites for hydroxylation is 1. The van der Waals surface area contributed by atoms with Crippen LogP contribution < -0.4 is 11.1 Å². The van der Waals surface area contributed by atoms with Gasteiger partial charge in [-0.1, -0.05) is 30.3 Å². The number of fused-ring (bicyclic) bond motifs is 1. The highest BCUT2D eigenvalue weighted by Crippen LogP contribution is 2.10. The summed E-state index contributed by atoms with van der Waals surface area (Å²) in [5, 5.41) is 6.64. The fraction of sp³-hybridized carbons (Fsp3) is 0.0769. The third kappa shape index (κ3) is 1.83. The predicted octanol–water partition coefficient (Wildman–Crippen LogP) is 0.753. The van der Waals surface area contributed by atoms with Crippen LogP contribution in [0.3, 0.4) is 0 Å². The number of nitrogens with zero attached hydrogens (tertiary/aromatic N) is 3. The van der Waals surface area contributed by atoms with Crippen molar-refractivity contribution in [2.24, 2.45) is 0 Å². The van der Waals surface area contributed by atoms with Crippen molar-refractivity contribution >= 4 is 5.78 Å². The van der Waals surface area contributed by atoms with Crippen LogP contribution in [-0.2, 0) is 0 Å². The molecule has 2 aromatic heterocycles. The molecule has 19 heavy (non-hydrogen) atoms. The summed E-state index contributed by atoms with van der Waals surface area (Å²) in [5.74, 6) is 0.148. The third-order valence-corrected chi connectivity index (χ3v) is 2.77. The Kier molecular flexibility index (Phi) is 2.49.